The number of nitriles is 1. The van der Waals surface area contributed by atoms with Gasteiger partial charge in [-0.1, -0.05) is 24.3 Å². The van der Waals surface area contributed by atoms with Gasteiger partial charge in [-0.25, -0.2) is 9.37 Å². The van der Waals surface area contributed by atoms with Crippen LogP contribution in [0.3, 0.4) is 0 Å². The fourth-order valence-electron chi connectivity index (χ4n) is 2.95. The van der Waals surface area contributed by atoms with Gasteiger partial charge in [-0.3, -0.25) is 4.79 Å². The van der Waals surface area contributed by atoms with Gasteiger partial charge in [0.15, 0.2) is 0 Å². The molecule has 0 atom stereocenters. The van der Waals surface area contributed by atoms with Gasteiger partial charge in [-0.05, 0) is 48.9 Å². The van der Waals surface area contributed by atoms with E-state index in [9.17, 15) is 9.18 Å². The quantitative estimate of drug-likeness (QED) is 0.502. The molecule has 28 heavy (non-hydrogen) atoms. The molecule has 0 fully saturated rings. The monoisotopic (exact) mass is 387 g/mol. The zero-order valence-corrected chi connectivity index (χ0v) is 15.7. The summed E-state index contributed by atoms with van der Waals surface area (Å²) in [5.74, 6) is -1.29. The van der Waals surface area contributed by atoms with Gasteiger partial charge in [0.25, 0.3) is 5.91 Å². The van der Waals surface area contributed by atoms with Crippen LogP contribution in [0.1, 0.15) is 21.5 Å². The van der Waals surface area contributed by atoms with Crippen molar-refractivity contribution in [3.63, 3.8) is 0 Å². The highest BCUT2D eigenvalue weighted by Crippen LogP contribution is 2.34. The number of rotatable bonds is 3. The molecule has 4 nitrogen and oxygen atoms in total. The summed E-state index contributed by atoms with van der Waals surface area (Å²) in [6, 6.07) is 19.1. The minimum atomic E-state index is -0.725. The Hall–Kier alpha value is -3.56. The summed E-state index contributed by atoms with van der Waals surface area (Å²) in [7, 11) is 0. The average molecular weight is 387 g/mol. The van der Waals surface area contributed by atoms with Gasteiger partial charge in [0, 0.05) is 11.3 Å². The minimum Gasteiger partial charge on any atom is -0.322 e. The number of aromatic nitrogens is 1. The van der Waals surface area contributed by atoms with Crippen molar-refractivity contribution in [1.82, 2.24) is 4.98 Å². The molecule has 0 spiro atoms. The number of amides is 1. The van der Waals surface area contributed by atoms with Crippen LogP contribution in [0.15, 0.2) is 60.7 Å². The number of carbonyl (C=O) groups excluding carboxylic acids is 1. The van der Waals surface area contributed by atoms with Crippen LogP contribution in [0, 0.1) is 24.1 Å². The summed E-state index contributed by atoms with van der Waals surface area (Å²) in [4.78, 5) is 17.2. The van der Waals surface area contributed by atoms with Crippen molar-refractivity contribution < 1.29 is 9.18 Å². The molecule has 1 amide bonds. The first kappa shape index (κ1) is 17.8. The average Bonchev–Trinajstić information content (AvgIpc) is 3.13. The number of thiazole rings is 1. The molecule has 0 aliphatic rings. The number of nitrogens with one attached hydrogen (secondary N) is 1. The van der Waals surface area contributed by atoms with Crippen LogP contribution < -0.4 is 5.32 Å². The molecule has 4 rings (SSSR count). The molecule has 0 saturated heterocycles. The van der Waals surface area contributed by atoms with E-state index in [1.165, 1.54) is 12.1 Å². The highest BCUT2D eigenvalue weighted by Gasteiger charge is 2.16. The van der Waals surface area contributed by atoms with Crippen molar-refractivity contribution in [1.29, 1.82) is 5.26 Å². The summed E-state index contributed by atoms with van der Waals surface area (Å²) in [5.41, 5.74) is 3.34. The molecule has 3 aromatic carbocycles. The fraction of sp³-hybridized carbons (Fsp3) is 0.0455. The van der Waals surface area contributed by atoms with Gasteiger partial charge < -0.3 is 5.32 Å². The molecule has 0 aliphatic carbocycles. The molecular weight excluding hydrogens is 373 g/mol. The maximum Gasteiger partial charge on any atom is 0.258 e. The number of para-hydroxylation sites is 1. The normalized spacial score (nSPS) is 10.6. The van der Waals surface area contributed by atoms with E-state index in [4.69, 9.17) is 5.26 Å². The number of carbonyl (C=O) groups is 1. The van der Waals surface area contributed by atoms with Crippen LogP contribution in [-0.4, -0.2) is 10.9 Å². The van der Waals surface area contributed by atoms with Crippen molar-refractivity contribution in [2.45, 2.75) is 6.92 Å². The van der Waals surface area contributed by atoms with Gasteiger partial charge in [0.05, 0.1) is 27.4 Å². The second-order valence-corrected chi connectivity index (χ2v) is 7.26. The number of hydrogen-bond donors (Lipinski definition) is 1. The lowest BCUT2D eigenvalue weighted by molar-refractivity contribution is 0.102. The van der Waals surface area contributed by atoms with Gasteiger partial charge >= 0.3 is 0 Å². The largest absolute Gasteiger partial charge is 0.322 e. The number of hydrogen-bond acceptors (Lipinski definition) is 4. The molecule has 1 heterocycles. The lowest BCUT2D eigenvalue weighted by Gasteiger charge is -2.12. The fourth-order valence-corrected chi connectivity index (χ4v) is 4.00. The van der Waals surface area contributed by atoms with E-state index in [1.54, 1.807) is 17.4 Å². The summed E-state index contributed by atoms with van der Waals surface area (Å²) in [6.45, 7) is 1.89. The first-order chi connectivity index (χ1) is 13.6. The van der Waals surface area contributed by atoms with E-state index < -0.39 is 11.7 Å². The van der Waals surface area contributed by atoms with Crippen molar-refractivity contribution in [2.75, 3.05) is 5.32 Å². The molecule has 136 valence electrons. The number of benzene rings is 3. The molecule has 1 N–H and O–H groups in total. The summed E-state index contributed by atoms with van der Waals surface area (Å²) in [6.07, 6.45) is 0. The predicted molar refractivity (Wildman–Crippen MR) is 109 cm³/mol. The van der Waals surface area contributed by atoms with Crippen molar-refractivity contribution in [3.05, 3.63) is 83.2 Å². The van der Waals surface area contributed by atoms with E-state index in [1.807, 2.05) is 49.4 Å². The number of nitrogens with zero attached hydrogens (tertiary/aromatic N) is 2. The van der Waals surface area contributed by atoms with Crippen LogP contribution in [0.2, 0.25) is 0 Å². The Labute approximate surface area is 164 Å². The topological polar surface area (TPSA) is 65.8 Å². The van der Waals surface area contributed by atoms with E-state index >= 15 is 0 Å². The van der Waals surface area contributed by atoms with E-state index in [0.29, 0.717) is 5.69 Å². The van der Waals surface area contributed by atoms with E-state index in [0.717, 1.165) is 32.4 Å². The highest BCUT2D eigenvalue weighted by molar-refractivity contribution is 7.21. The Balaban J connectivity index is 1.67. The van der Waals surface area contributed by atoms with Crippen LogP contribution in [0.4, 0.5) is 10.1 Å². The Morgan fingerprint density at radius 1 is 1.14 bits per heavy atom. The van der Waals surface area contributed by atoms with Gasteiger partial charge in [0.2, 0.25) is 0 Å². The van der Waals surface area contributed by atoms with Crippen LogP contribution in [0.5, 0.6) is 0 Å². The molecule has 0 bridgehead atoms. The zero-order valence-electron chi connectivity index (χ0n) is 14.9. The van der Waals surface area contributed by atoms with Crippen LogP contribution in [-0.2, 0) is 0 Å². The predicted octanol–water partition coefficient (Wildman–Crippen LogP) is 5.53. The minimum absolute atomic E-state index is 0.108. The maximum absolute atomic E-state index is 14.1. The first-order valence-corrected chi connectivity index (χ1v) is 9.35. The van der Waals surface area contributed by atoms with Gasteiger partial charge in [0.1, 0.15) is 10.8 Å². The van der Waals surface area contributed by atoms with Crippen molar-refractivity contribution >= 4 is 33.1 Å². The molecule has 0 aliphatic heterocycles. The second kappa shape index (κ2) is 7.22. The molecular formula is C22H14FN3OS. The molecule has 0 saturated carbocycles. The molecule has 1 aromatic heterocycles. The van der Waals surface area contributed by atoms with Crippen LogP contribution >= 0.6 is 11.3 Å². The molecule has 0 radical (unpaired) electrons. The molecule has 6 heteroatoms. The van der Waals surface area contributed by atoms with E-state index in [-0.39, 0.29) is 11.1 Å². The van der Waals surface area contributed by atoms with Crippen molar-refractivity contribution in [3.8, 4) is 16.6 Å². The lowest BCUT2D eigenvalue weighted by Crippen LogP contribution is -2.14. The summed E-state index contributed by atoms with van der Waals surface area (Å²) >= 11 is 1.58. The lowest BCUT2D eigenvalue weighted by atomic mass is 10.1. The summed E-state index contributed by atoms with van der Waals surface area (Å²) in [5, 5.41) is 12.5. The first-order valence-electron chi connectivity index (χ1n) is 8.53. The highest BCUT2D eigenvalue weighted by atomic mass is 32.1. The number of anilines is 1. The molecule has 0 unspecified atom stereocenters. The number of fused-ring (bicyclic) bond motifs is 1. The van der Waals surface area contributed by atoms with E-state index in [2.05, 4.69) is 10.3 Å². The van der Waals surface area contributed by atoms with Gasteiger partial charge in [-0.2, -0.15) is 5.26 Å². The third-order valence-electron chi connectivity index (χ3n) is 4.45. The number of halogens is 1. The Bertz CT molecular complexity index is 1220. The Morgan fingerprint density at radius 3 is 2.71 bits per heavy atom. The van der Waals surface area contributed by atoms with Gasteiger partial charge in [-0.15, -0.1) is 11.3 Å². The Kier molecular flexibility index (Phi) is 4.60. The Morgan fingerprint density at radius 2 is 1.96 bits per heavy atom. The molecule has 4 aromatic rings. The maximum atomic E-state index is 14.1. The zero-order chi connectivity index (χ0) is 19.7. The van der Waals surface area contributed by atoms with Crippen LogP contribution in [0.25, 0.3) is 20.8 Å². The standard InChI is InChI=1S/C22H14FN3OS/c1-13-15(22-26-19-6-2-3-8-20(19)28-22)5-4-7-18(13)25-21(27)16-10-9-14(12-24)11-17(16)23/h2-11H,1H3,(H,25,27). The third kappa shape index (κ3) is 3.24. The van der Waals surface area contributed by atoms with Crippen molar-refractivity contribution in [2.24, 2.45) is 0 Å². The second-order valence-electron chi connectivity index (χ2n) is 6.23. The SMILES string of the molecule is Cc1c(NC(=O)c2ccc(C#N)cc2F)cccc1-c1nc2ccccc2s1. The smallest absolute Gasteiger partial charge is 0.258 e. The summed E-state index contributed by atoms with van der Waals surface area (Å²) < 4.78 is 15.2. The third-order valence-corrected chi connectivity index (χ3v) is 5.52.